The molecular formula is C17H20O. The summed E-state index contributed by atoms with van der Waals surface area (Å²) in [5, 5.41) is 0. The van der Waals surface area contributed by atoms with Crippen LogP contribution >= 0.6 is 0 Å². The maximum Gasteiger partial charge on any atom is 0.126 e. The van der Waals surface area contributed by atoms with Crippen LogP contribution in [0.5, 0.6) is 5.75 Å². The van der Waals surface area contributed by atoms with Gasteiger partial charge in [0.05, 0.1) is 7.11 Å². The fraction of sp³-hybridized carbons (Fsp3) is 0.412. The predicted octanol–water partition coefficient (Wildman–Crippen LogP) is 4.34. The van der Waals surface area contributed by atoms with Crippen LogP contribution < -0.4 is 4.74 Å². The molecule has 0 amide bonds. The molecule has 0 saturated heterocycles. The highest BCUT2D eigenvalue weighted by molar-refractivity contribution is 5.75. The van der Waals surface area contributed by atoms with Crippen LogP contribution in [0.2, 0.25) is 0 Å². The Morgan fingerprint density at radius 3 is 2.67 bits per heavy atom. The van der Waals surface area contributed by atoms with Crippen molar-refractivity contribution >= 4 is 6.08 Å². The third-order valence-corrected chi connectivity index (χ3v) is 4.52. The number of rotatable bonds is 1. The first kappa shape index (κ1) is 11.6. The number of ether oxygens (including phenoxy) is 1. The maximum atomic E-state index is 5.51. The normalized spacial score (nSPS) is 27.4. The Bertz CT molecular complexity index is 563. The lowest BCUT2D eigenvalue weighted by molar-refractivity contribution is 0.408. The van der Waals surface area contributed by atoms with Gasteiger partial charge in [-0.2, -0.15) is 0 Å². The van der Waals surface area contributed by atoms with E-state index in [1.807, 2.05) is 0 Å². The minimum atomic E-state index is 0.136. The molecule has 1 heteroatoms. The number of hydrogen-bond donors (Lipinski definition) is 0. The van der Waals surface area contributed by atoms with Crippen molar-refractivity contribution in [1.29, 1.82) is 0 Å². The molecule has 1 unspecified atom stereocenters. The molecule has 0 aliphatic heterocycles. The lowest BCUT2D eigenvalue weighted by atomic mass is 9.63. The highest BCUT2D eigenvalue weighted by Crippen LogP contribution is 2.55. The number of methoxy groups -OCH3 is 1. The molecule has 0 fully saturated rings. The lowest BCUT2D eigenvalue weighted by Gasteiger charge is -2.40. The van der Waals surface area contributed by atoms with Gasteiger partial charge in [-0.3, -0.25) is 0 Å². The molecule has 3 rings (SSSR count). The Morgan fingerprint density at radius 1 is 1.17 bits per heavy atom. The fourth-order valence-corrected chi connectivity index (χ4v) is 3.60. The summed E-state index contributed by atoms with van der Waals surface area (Å²) in [6.07, 6.45) is 8.09. The zero-order valence-electron chi connectivity index (χ0n) is 11.6. The van der Waals surface area contributed by atoms with Crippen LogP contribution in [-0.2, 0) is 5.41 Å². The maximum absolute atomic E-state index is 5.51. The second-order valence-electron chi connectivity index (χ2n) is 6.14. The number of hydrogen-bond acceptors (Lipinski definition) is 1. The van der Waals surface area contributed by atoms with Gasteiger partial charge in [0.2, 0.25) is 0 Å². The van der Waals surface area contributed by atoms with Crippen molar-refractivity contribution in [2.75, 3.05) is 7.11 Å². The predicted molar refractivity (Wildman–Crippen MR) is 75.9 cm³/mol. The highest BCUT2D eigenvalue weighted by atomic mass is 16.5. The van der Waals surface area contributed by atoms with Crippen molar-refractivity contribution < 1.29 is 4.74 Å². The largest absolute Gasteiger partial charge is 0.496 e. The van der Waals surface area contributed by atoms with Gasteiger partial charge in [0.1, 0.15) is 5.75 Å². The molecule has 0 heterocycles. The molecule has 1 aromatic rings. The summed E-state index contributed by atoms with van der Waals surface area (Å²) in [5.41, 5.74) is 4.47. The first-order chi connectivity index (χ1) is 8.49. The molecule has 0 N–H and O–H groups in total. The summed E-state index contributed by atoms with van der Waals surface area (Å²) in [4.78, 5) is 0. The van der Waals surface area contributed by atoms with Crippen LogP contribution in [0.4, 0.5) is 0 Å². The molecule has 0 bridgehead atoms. The molecule has 2 aliphatic carbocycles. The van der Waals surface area contributed by atoms with Crippen LogP contribution in [-0.4, -0.2) is 7.11 Å². The minimum absolute atomic E-state index is 0.136. The average molecular weight is 240 g/mol. The Hall–Kier alpha value is -1.50. The van der Waals surface area contributed by atoms with Gasteiger partial charge in [-0.25, -0.2) is 0 Å². The van der Waals surface area contributed by atoms with Gasteiger partial charge in [-0.1, -0.05) is 45.1 Å². The molecule has 1 aromatic carbocycles. The van der Waals surface area contributed by atoms with Gasteiger partial charge in [0, 0.05) is 16.4 Å². The highest BCUT2D eigenvalue weighted by Gasteiger charge is 2.45. The van der Waals surface area contributed by atoms with E-state index < -0.39 is 0 Å². The average Bonchev–Trinajstić information content (AvgIpc) is 2.64. The van der Waals surface area contributed by atoms with E-state index in [0.717, 1.165) is 12.2 Å². The third-order valence-electron chi connectivity index (χ3n) is 4.52. The Labute approximate surface area is 109 Å². The van der Waals surface area contributed by atoms with Gasteiger partial charge >= 0.3 is 0 Å². The third kappa shape index (κ3) is 1.33. The first-order valence-corrected chi connectivity index (χ1v) is 6.57. The minimum Gasteiger partial charge on any atom is -0.496 e. The van der Waals surface area contributed by atoms with Crippen molar-refractivity contribution in [1.82, 2.24) is 0 Å². The van der Waals surface area contributed by atoms with Crippen LogP contribution in [0, 0.1) is 5.41 Å². The van der Waals surface area contributed by atoms with Crippen molar-refractivity contribution in [2.45, 2.75) is 32.6 Å². The number of allylic oxidation sites excluding steroid dienone is 3. The van der Waals surface area contributed by atoms with E-state index in [4.69, 9.17) is 4.74 Å². The SMILES string of the molecule is COc1cccc2c1C=C1C(C)(C)C=CCC12C. The molecule has 1 nitrogen and oxygen atoms in total. The van der Waals surface area contributed by atoms with Crippen LogP contribution in [0.3, 0.4) is 0 Å². The summed E-state index contributed by atoms with van der Waals surface area (Å²) >= 11 is 0. The van der Waals surface area contributed by atoms with Crippen molar-refractivity contribution in [3.8, 4) is 5.75 Å². The molecule has 0 radical (unpaired) electrons. The number of benzene rings is 1. The zero-order chi connectivity index (χ0) is 13.0. The quantitative estimate of drug-likeness (QED) is 0.664. The first-order valence-electron chi connectivity index (χ1n) is 6.57. The molecule has 2 aliphatic rings. The summed E-state index contributed by atoms with van der Waals surface area (Å²) in [5.74, 6) is 0.992. The summed E-state index contributed by atoms with van der Waals surface area (Å²) < 4.78 is 5.51. The molecule has 0 saturated carbocycles. The second-order valence-corrected chi connectivity index (χ2v) is 6.14. The number of fused-ring (bicyclic) bond motifs is 3. The Morgan fingerprint density at radius 2 is 1.94 bits per heavy atom. The van der Waals surface area contributed by atoms with Crippen LogP contribution in [0.15, 0.2) is 35.9 Å². The van der Waals surface area contributed by atoms with E-state index in [2.05, 4.69) is 57.2 Å². The monoisotopic (exact) mass is 240 g/mol. The smallest absolute Gasteiger partial charge is 0.126 e. The van der Waals surface area contributed by atoms with E-state index in [0.29, 0.717) is 0 Å². The Balaban J connectivity index is 2.26. The van der Waals surface area contributed by atoms with Crippen LogP contribution in [0.1, 0.15) is 38.3 Å². The second kappa shape index (κ2) is 3.50. The van der Waals surface area contributed by atoms with Crippen molar-refractivity contribution in [2.24, 2.45) is 5.41 Å². The molecule has 18 heavy (non-hydrogen) atoms. The van der Waals surface area contributed by atoms with Gasteiger partial charge in [0.15, 0.2) is 0 Å². The molecule has 94 valence electrons. The molecular weight excluding hydrogens is 220 g/mol. The van der Waals surface area contributed by atoms with E-state index in [-0.39, 0.29) is 10.8 Å². The van der Waals surface area contributed by atoms with E-state index >= 15 is 0 Å². The van der Waals surface area contributed by atoms with Crippen molar-refractivity contribution in [3.05, 3.63) is 47.1 Å². The van der Waals surface area contributed by atoms with Crippen molar-refractivity contribution in [3.63, 3.8) is 0 Å². The molecule has 0 spiro atoms. The van der Waals surface area contributed by atoms with Gasteiger partial charge in [-0.05, 0) is 29.7 Å². The topological polar surface area (TPSA) is 9.23 Å². The fourth-order valence-electron chi connectivity index (χ4n) is 3.60. The summed E-state index contributed by atoms with van der Waals surface area (Å²) in [6, 6.07) is 6.40. The Kier molecular flexibility index (Phi) is 2.25. The standard InChI is InChI=1S/C17H20O/c1-16(2)9-6-10-17(3)13-7-5-8-14(18-4)12(13)11-15(16)17/h5-9,11H,10H2,1-4H3. The summed E-state index contributed by atoms with van der Waals surface area (Å²) in [7, 11) is 1.75. The van der Waals surface area contributed by atoms with Gasteiger partial charge in [-0.15, -0.1) is 0 Å². The van der Waals surface area contributed by atoms with Crippen LogP contribution in [0.25, 0.3) is 6.08 Å². The summed E-state index contributed by atoms with van der Waals surface area (Å²) in [6.45, 7) is 6.95. The van der Waals surface area contributed by atoms with E-state index in [1.54, 1.807) is 7.11 Å². The van der Waals surface area contributed by atoms with Gasteiger partial charge in [0.25, 0.3) is 0 Å². The molecule has 0 aromatic heterocycles. The van der Waals surface area contributed by atoms with Gasteiger partial charge < -0.3 is 4.74 Å². The lowest BCUT2D eigenvalue weighted by Crippen LogP contribution is -2.32. The van der Waals surface area contributed by atoms with E-state index in [9.17, 15) is 0 Å². The van der Waals surface area contributed by atoms with E-state index in [1.165, 1.54) is 16.7 Å². The molecule has 1 atom stereocenters. The zero-order valence-corrected chi connectivity index (χ0v) is 11.6.